The van der Waals surface area contributed by atoms with Gasteiger partial charge < -0.3 is 5.32 Å². The molecule has 2 N–H and O–H groups in total. The Kier molecular flexibility index (Phi) is 5.89. The van der Waals surface area contributed by atoms with Gasteiger partial charge in [0.15, 0.2) is 0 Å². The lowest BCUT2D eigenvalue weighted by Gasteiger charge is -2.21. The molecule has 0 bridgehead atoms. The molecule has 6 heteroatoms. The van der Waals surface area contributed by atoms with Crippen molar-refractivity contribution in [3.05, 3.63) is 35.6 Å². The zero-order chi connectivity index (χ0) is 15.9. The third-order valence-corrected chi connectivity index (χ3v) is 3.50. The quantitative estimate of drug-likeness (QED) is 0.810. The maximum atomic E-state index is 12.9. The smallest absolute Gasteiger partial charge is 0.321 e. The maximum Gasteiger partial charge on any atom is 0.321 e. The summed E-state index contributed by atoms with van der Waals surface area (Å²) in [6, 6.07) is 6.18. The molecule has 1 aromatic carbocycles. The van der Waals surface area contributed by atoms with Gasteiger partial charge in [0.1, 0.15) is 5.82 Å². The highest BCUT2D eigenvalue weighted by Gasteiger charge is 2.30. The van der Waals surface area contributed by atoms with E-state index in [0.29, 0.717) is 19.1 Å². The third kappa shape index (κ3) is 5.44. The Hall–Kier alpha value is -1.95. The molecule has 1 fully saturated rings. The summed E-state index contributed by atoms with van der Waals surface area (Å²) in [5.74, 6) is -0.588. The van der Waals surface area contributed by atoms with E-state index in [0.717, 1.165) is 24.8 Å². The van der Waals surface area contributed by atoms with Gasteiger partial charge in [-0.05, 0) is 37.0 Å². The summed E-state index contributed by atoms with van der Waals surface area (Å²) < 4.78 is 12.9. The maximum absolute atomic E-state index is 12.9. The average Bonchev–Trinajstić information content (AvgIpc) is 3.31. The van der Waals surface area contributed by atoms with Gasteiger partial charge in [0, 0.05) is 19.1 Å². The Morgan fingerprint density at radius 2 is 1.95 bits per heavy atom. The topological polar surface area (TPSA) is 61.4 Å². The monoisotopic (exact) mass is 307 g/mol. The zero-order valence-electron chi connectivity index (χ0n) is 12.8. The van der Waals surface area contributed by atoms with E-state index < -0.39 is 6.03 Å². The molecule has 0 unspecified atom stereocenters. The highest BCUT2D eigenvalue weighted by atomic mass is 19.1. The van der Waals surface area contributed by atoms with E-state index in [1.165, 1.54) is 12.1 Å². The summed E-state index contributed by atoms with van der Waals surface area (Å²) in [4.78, 5) is 25.4. The summed E-state index contributed by atoms with van der Waals surface area (Å²) in [5, 5.41) is 4.94. The standard InChI is InChI=1S/C16H22FN3O2/c1-2-9-18-16(22)19-15(21)11-20(14-7-8-14)10-12-3-5-13(17)6-4-12/h3-6,14H,2,7-11H2,1H3,(H2,18,19,21,22). The number of halogens is 1. The molecule has 0 aromatic heterocycles. The number of nitrogens with zero attached hydrogens (tertiary/aromatic N) is 1. The highest BCUT2D eigenvalue weighted by molar-refractivity contribution is 5.95. The molecule has 1 saturated carbocycles. The van der Waals surface area contributed by atoms with Crippen LogP contribution in [0.3, 0.4) is 0 Å². The van der Waals surface area contributed by atoms with E-state index in [1.54, 1.807) is 12.1 Å². The van der Waals surface area contributed by atoms with Crippen LogP contribution in [0.5, 0.6) is 0 Å². The van der Waals surface area contributed by atoms with Gasteiger partial charge in [-0.25, -0.2) is 9.18 Å². The Labute approximate surface area is 129 Å². The Balaban J connectivity index is 1.85. The van der Waals surface area contributed by atoms with Crippen LogP contribution in [0.4, 0.5) is 9.18 Å². The molecule has 0 spiro atoms. The van der Waals surface area contributed by atoms with Crippen molar-refractivity contribution < 1.29 is 14.0 Å². The fraction of sp³-hybridized carbons (Fsp3) is 0.500. The second-order valence-electron chi connectivity index (χ2n) is 5.57. The van der Waals surface area contributed by atoms with Crippen LogP contribution >= 0.6 is 0 Å². The molecule has 0 heterocycles. The minimum atomic E-state index is -0.454. The number of nitrogens with one attached hydrogen (secondary N) is 2. The number of carbonyl (C=O) groups excluding carboxylic acids is 2. The number of benzene rings is 1. The van der Waals surface area contributed by atoms with E-state index >= 15 is 0 Å². The van der Waals surface area contributed by atoms with E-state index in [1.807, 2.05) is 11.8 Å². The van der Waals surface area contributed by atoms with Gasteiger partial charge in [-0.15, -0.1) is 0 Å². The lowest BCUT2D eigenvalue weighted by Crippen LogP contribution is -2.45. The van der Waals surface area contributed by atoms with Crippen molar-refractivity contribution in [2.24, 2.45) is 0 Å². The van der Waals surface area contributed by atoms with Crippen LogP contribution in [0.25, 0.3) is 0 Å². The molecular weight excluding hydrogens is 285 g/mol. The normalized spacial score (nSPS) is 14.0. The van der Waals surface area contributed by atoms with Crippen LogP contribution in [0, 0.1) is 5.82 Å². The van der Waals surface area contributed by atoms with Crippen LogP contribution in [-0.4, -0.2) is 36.0 Å². The number of carbonyl (C=O) groups is 2. The number of imide groups is 1. The number of hydrogen-bond donors (Lipinski definition) is 2. The van der Waals surface area contributed by atoms with Gasteiger partial charge in [-0.1, -0.05) is 19.1 Å². The van der Waals surface area contributed by atoms with E-state index in [-0.39, 0.29) is 18.3 Å². The number of rotatable bonds is 7. The highest BCUT2D eigenvalue weighted by Crippen LogP contribution is 2.28. The van der Waals surface area contributed by atoms with Crippen molar-refractivity contribution in [2.75, 3.05) is 13.1 Å². The number of amides is 3. The first-order valence-corrected chi connectivity index (χ1v) is 7.64. The van der Waals surface area contributed by atoms with Gasteiger partial charge in [-0.3, -0.25) is 15.0 Å². The molecule has 1 aromatic rings. The fourth-order valence-electron chi connectivity index (χ4n) is 2.21. The SMILES string of the molecule is CCCNC(=O)NC(=O)CN(Cc1ccc(F)cc1)C1CC1. The van der Waals surface area contributed by atoms with Gasteiger partial charge in [-0.2, -0.15) is 0 Å². The largest absolute Gasteiger partial charge is 0.338 e. The Bertz CT molecular complexity index is 515. The van der Waals surface area contributed by atoms with E-state index in [9.17, 15) is 14.0 Å². The predicted molar refractivity (Wildman–Crippen MR) is 81.7 cm³/mol. The molecule has 120 valence electrons. The van der Waals surface area contributed by atoms with Crippen LogP contribution in [0.2, 0.25) is 0 Å². The molecule has 2 rings (SSSR count). The van der Waals surface area contributed by atoms with Crippen molar-refractivity contribution in [1.29, 1.82) is 0 Å². The first-order valence-electron chi connectivity index (χ1n) is 7.64. The lowest BCUT2D eigenvalue weighted by molar-refractivity contribution is -0.121. The van der Waals surface area contributed by atoms with Crippen molar-refractivity contribution >= 4 is 11.9 Å². The van der Waals surface area contributed by atoms with Gasteiger partial charge in [0.2, 0.25) is 5.91 Å². The molecule has 1 aliphatic carbocycles. The third-order valence-electron chi connectivity index (χ3n) is 3.50. The van der Waals surface area contributed by atoms with Crippen LogP contribution in [0.1, 0.15) is 31.7 Å². The van der Waals surface area contributed by atoms with Crippen LogP contribution < -0.4 is 10.6 Å². The molecule has 5 nitrogen and oxygen atoms in total. The minimum Gasteiger partial charge on any atom is -0.338 e. The van der Waals surface area contributed by atoms with Crippen molar-refractivity contribution in [3.8, 4) is 0 Å². The molecule has 22 heavy (non-hydrogen) atoms. The Morgan fingerprint density at radius 3 is 2.55 bits per heavy atom. The molecular formula is C16H22FN3O2. The van der Waals surface area contributed by atoms with Crippen molar-refractivity contribution in [1.82, 2.24) is 15.5 Å². The second kappa shape index (κ2) is 7.89. The predicted octanol–water partition coefficient (Wildman–Crippen LogP) is 2.03. The second-order valence-corrected chi connectivity index (χ2v) is 5.57. The lowest BCUT2D eigenvalue weighted by atomic mass is 10.2. The van der Waals surface area contributed by atoms with Crippen LogP contribution in [-0.2, 0) is 11.3 Å². The summed E-state index contributed by atoms with van der Waals surface area (Å²) in [6.45, 7) is 3.23. The van der Waals surface area contributed by atoms with Crippen LogP contribution in [0.15, 0.2) is 24.3 Å². The van der Waals surface area contributed by atoms with E-state index in [4.69, 9.17) is 0 Å². The molecule has 0 atom stereocenters. The molecule has 3 amide bonds. The Morgan fingerprint density at radius 1 is 1.27 bits per heavy atom. The zero-order valence-corrected chi connectivity index (χ0v) is 12.8. The molecule has 1 aliphatic rings. The molecule has 0 radical (unpaired) electrons. The minimum absolute atomic E-state index is 0.168. The molecule has 0 saturated heterocycles. The van der Waals surface area contributed by atoms with Crippen molar-refractivity contribution in [3.63, 3.8) is 0 Å². The van der Waals surface area contributed by atoms with Gasteiger partial charge in [0.05, 0.1) is 6.54 Å². The van der Waals surface area contributed by atoms with Crippen molar-refractivity contribution in [2.45, 2.75) is 38.8 Å². The summed E-state index contributed by atoms with van der Waals surface area (Å²) in [7, 11) is 0. The van der Waals surface area contributed by atoms with E-state index in [2.05, 4.69) is 10.6 Å². The van der Waals surface area contributed by atoms with Gasteiger partial charge in [0.25, 0.3) is 0 Å². The van der Waals surface area contributed by atoms with Gasteiger partial charge >= 0.3 is 6.03 Å². The fourth-order valence-corrected chi connectivity index (χ4v) is 2.21. The average molecular weight is 307 g/mol. The first-order chi connectivity index (χ1) is 10.6. The summed E-state index contributed by atoms with van der Waals surface area (Å²) in [6.07, 6.45) is 2.92. The first kappa shape index (κ1) is 16.4. The number of urea groups is 1. The summed E-state index contributed by atoms with van der Waals surface area (Å²) >= 11 is 0. The summed E-state index contributed by atoms with van der Waals surface area (Å²) in [5.41, 5.74) is 0.955. The molecule has 0 aliphatic heterocycles. The number of hydrogen-bond acceptors (Lipinski definition) is 3.